The highest BCUT2D eigenvalue weighted by atomic mass is 32.1. The lowest BCUT2D eigenvalue weighted by atomic mass is 10.1. The maximum absolute atomic E-state index is 12.4. The fourth-order valence-corrected chi connectivity index (χ4v) is 1.71. The van der Waals surface area contributed by atoms with Gasteiger partial charge in [-0.15, -0.1) is 12.6 Å². The van der Waals surface area contributed by atoms with Gasteiger partial charge >= 0.3 is 6.55 Å². The second-order valence-corrected chi connectivity index (χ2v) is 3.89. The average molecular weight is 256 g/mol. The average Bonchev–Trinajstić information content (AvgIpc) is 2.78. The van der Waals surface area contributed by atoms with Crippen molar-refractivity contribution in [1.29, 1.82) is 0 Å². The molecule has 6 heteroatoms. The van der Waals surface area contributed by atoms with Crippen LogP contribution in [0.1, 0.15) is 6.55 Å². The van der Waals surface area contributed by atoms with E-state index < -0.39 is 6.55 Å². The van der Waals surface area contributed by atoms with Gasteiger partial charge in [-0.1, -0.05) is 0 Å². The van der Waals surface area contributed by atoms with E-state index in [-0.39, 0.29) is 0 Å². The summed E-state index contributed by atoms with van der Waals surface area (Å²) in [6.45, 7) is -2.64. The molecule has 3 nitrogen and oxygen atoms in total. The number of thiol groups is 1. The number of hydrogen-bond donors (Lipinski definition) is 1. The number of nitrogens with zero attached hydrogens (tertiary/aromatic N) is 2. The van der Waals surface area contributed by atoms with Crippen LogP contribution in [-0.4, -0.2) is 16.9 Å². The molecular formula is C11H10F2N2OS. The fraction of sp³-hybridized carbons (Fsp3) is 0.182. The molecule has 0 saturated heterocycles. The smallest absolute Gasteiger partial charge is 0.333 e. The van der Waals surface area contributed by atoms with Gasteiger partial charge < -0.3 is 4.74 Å². The van der Waals surface area contributed by atoms with Crippen molar-refractivity contribution in [1.82, 2.24) is 9.78 Å². The van der Waals surface area contributed by atoms with E-state index in [1.54, 1.807) is 18.2 Å². The largest absolute Gasteiger partial charge is 0.496 e. The van der Waals surface area contributed by atoms with Crippen LogP contribution in [0.5, 0.6) is 5.75 Å². The highest BCUT2D eigenvalue weighted by Gasteiger charge is 2.12. The van der Waals surface area contributed by atoms with Crippen molar-refractivity contribution in [2.45, 2.75) is 11.4 Å². The Morgan fingerprint density at radius 1 is 1.41 bits per heavy atom. The van der Waals surface area contributed by atoms with Gasteiger partial charge in [0.2, 0.25) is 0 Å². The van der Waals surface area contributed by atoms with E-state index in [2.05, 4.69) is 17.7 Å². The van der Waals surface area contributed by atoms with E-state index in [4.69, 9.17) is 4.74 Å². The van der Waals surface area contributed by atoms with Crippen molar-refractivity contribution in [3.8, 4) is 16.9 Å². The Bertz CT molecular complexity index is 528. The Hall–Kier alpha value is -1.56. The summed E-state index contributed by atoms with van der Waals surface area (Å²) in [5, 5.41) is 3.58. The number of halogens is 2. The summed E-state index contributed by atoms with van der Waals surface area (Å²) in [4.78, 5) is 0.727. The number of methoxy groups -OCH3 is 1. The van der Waals surface area contributed by atoms with Crippen molar-refractivity contribution < 1.29 is 13.5 Å². The Morgan fingerprint density at radius 2 is 2.18 bits per heavy atom. The van der Waals surface area contributed by atoms with E-state index in [0.29, 0.717) is 21.6 Å². The summed E-state index contributed by atoms with van der Waals surface area (Å²) in [6, 6.07) is 5.25. The first kappa shape index (κ1) is 11.9. The number of benzene rings is 1. The van der Waals surface area contributed by atoms with Gasteiger partial charge in [0, 0.05) is 22.2 Å². The maximum atomic E-state index is 12.4. The molecule has 0 amide bonds. The molecule has 17 heavy (non-hydrogen) atoms. The van der Waals surface area contributed by atoms with Crippen molar-refractivity contribution in [2.75, 3.05) is 7.11 Å². The molecule has 90 valence electrons. The van der Waals surface area contributed by atoms with Crippen LogP contribution >= 0.6 is 12.6 Å². The Labute approximate surface area is 102 Å². The molecule has 1 aromatic carbocycles. The topological polar surface area (TPSA) is 27.1 Å². The molecular weight excluding hydrogens is 246 g/mol. The highest BCUT2D eigenvalue weighted by Crippen LogP contribution is 2.32. The first-order chi connectivity index (χ1) is 8.11. The van der Waals surface area contributed by atoms with Crippen LogP contribution in [0.4, 0.5) is 8.78 Å². The number of rotatable bonds is 3. The third-order valence-corrected chi connectivity index (χ3v) is 2.57. The van der Waals surface area contributed by atoms with E-state index in [0.717, 1.165) is 4.90 Å². The monoisotopic (exact) mass is 256 g/mol. The van der Waals surface area contributed by atoms with Crippen LogP contribution in [0.2, 0.25) is 0 Å². The van der Waals surface area contributed by atoms with Crippen molar-refractivity contribution >= 4 is 12.6 Å². The molecule has 0 N–H and O–H groups in total. The highest BCUT2D eigenvalue weighted by molar-refractivity contribution is 7.80. The quantitative estimate of drug-likeness (QED) is 0.853. The summed E-state index contributed by atoms with van der Waals surface area (Å²) in [5.74, 6) is 0.594. The van der Waals surface area contributed by atoms with Gasteiger partial charge in [-0.2, -0.15) is 13.9 Å². The molecule has 0 aliphatic heterocycles. The third kappa shape index (κ3) is 2.41. The number of alkyl halides is 2. The van der Waals surface area contributed by atoms with Gasteiger partial charge in [-0.3, -0.25) is 0 Å². The van der Waals surface area contributed by atoms with Crippen LogP contribution in [0.15, 0.2) is 35.5 Å². The molecule has 0 aliphatic rings. The summed E-state index contributed by atoms with van der Waals surface area (Å²) in [5.41, 5.74) is 1.25. The summed E-state index contributed by atoms with van der Waals surface area (Å²) >= 11 is 4.21. The molecule has 1 aromatic heterocycles. The molecule has 0 saturated carbocycles. The lowest BCUT2D eigenvalue weighted by molar-refractivity contribution is 0.0566. The normalized spacial score (nSPS) is 10.9. The van der Waals surface area contributed by atoms with Crippen molar-refractivity contribution in [3.05, 3.63) is 30.6 Å². The maximum Gasteiger partial charge on any atom is 0.333 e. The summed E-state index contributed by atoms with van der Waals surface area (Å²) in [6.07, 6.45) is 2.65. The summed E-state index contributed by atoms with van der Waals surface area (Å²) < 4.78 is 30.6. The second-order valence-electron chi connectivity index (χ2n) is 3.37. The number of hydrogen-bond acceptors (Lipinski definition) is 3. The van der Waals surface area contributed by atoms with Crippen LogP contribution in [0, 0.1) is 0 Å². The van der Waals surface area contributed by atoms with Gasteiger partial charge in [-0.05, 0) is 18.2 Å². The molecule has 0 unspecified atom stereocenters. The van der Waals surface area contributed by atoms with E-state index >= 15 is 0 Å². The molecule has 0 spiro atoms. The zero-order valence-corrected chi connectivity index (χ0v) is 9.86. The minimum atomic E-state index is -2.64. The molecule has 2 aromatic rings. The Morgan fingerprint density at radius 3 is 2.76 bits per heavy atom. The van der Waals surface area contributed by atoms with Crippen LogP contribution in [-0.2, 0) is 0 Å². The Balaban J connectivity index is 2.47. The molecule has 1 heterocycles. The SMILES string of the molecule is COc1ccc(S)cc1-c1cnn(C(F)F)c1. The van der Waals surface area contributed by atoms with Gasteiger partial charge in [0.15, 0.2) is 0 Å². The van der Waals surface area contributed by atoms with Gasteiger partial charge in [-0.25, -0.2) is 4.68 Å². The minimum absolute atomic E-state index is 0.568. The lowest BCUT2D eigenvalue weighted by Gasteiger charge is -2.07. The van der Waals surface area contributed by atoms with Crippen molar-refractivity contribution in [3.63, 3.8) is 0 Å². The van der Waals surface area contributed by atoms with Crippen LogP contribution in [0.25, 0.3) is 11.1 Å². The molecule has 0 bridgehead atoms. The van der Waals surface area contributed by atoms with Crippen molar-refractivity contribution in [2.24, 2.45) is 0 Å². The zero-order chi connectivity index (χ0) is 12.4. The number of ether oxygens (including phenoxy) is 1. The van der Waals surface area contributed by atoms with E-state index in [1.807, 2.05) is 0 Å². The molecule has 0 aliphatic carbocycles. The third-order valence-electron chi connectivity index (χ3n) is 2.30. The standard InChI is InChI=1S/C11H10F2N2OS/c1-16-10-3-2-8(17)4-9(10)7-5-14-15(6-7)11(12)13/h2-6,11,17H,1H3. The lowest BCUT2D eigenvalue weighted by Crippen LogP contribution is -1.96. The predicted octanol–water partition coefficient (Wildman–Crippen LogP) is 3.24. The van der Waals surface area contributed by atoms with E-state index in [9.17, 15) is 8.78 Å². The predicted molar refractivity (Wildman–Crippen MR) is 62.7 cm³/mol. The Kier molecular flexibility index (Phi) is 3.33. The molecule has 0 radical (unpaired) electrons. The first-order valence-electron chi connectivity index (χ1n) is 4.81. The van der Waals surface area contributed by atoms with E-state index in [1.165, 1.54) is 19.5 Å². The first-order valence-corrected chi connectivity index (χ1v) is 5.26. The van der Waals surface area contributed by atoms with Crippen LogP contribution < -0.4 is 4.74 Å². The molecule has 2 rings (SSSR count). The van der Waals surface area contributed by atoms with Crippen LogP contribution in [0.3, 0.4) is 0 Å². The number of aromatic nitrogens is 2. The van der Waals surface area contributed by atoms with Gasteiger partial charge in [0.25, 0.3) is 0 Å². The molecule has 0 atom stereocenters. The van der Waals surface area contributed by atoms with Gasteiger partial charge in [0.1, 0.15) is 5.75 Å². The fourth-order valence-electron chi connectivity index (χ4n) is 1.51. The minimum Gasteiger partial charge on any atom is -0.496 e. The summed E-state index contributed by atoms with van der Waals surface area (Å²) in [7, 11) is 1.52. The molecule has 0 fully saturated rings. The zero-order valence-electron chi connectivity index (χ0n) is 8.97. The second kappa shape index (κ2) is 4.75. The van der Waals surface area contributed by atoms with Gasteiger partial charge in [0.05, 0.1) is 13.3 Å².